The van der Waals surface area contributed by atoms with Crippen molar-refractivity contribution in [3.05, 3.63) is 76.6 Å². The molecule has 40 heavy (non-hydrogen) atoms. The van der Waals surface area contributed by atoms with Gasteiger partial charge in [0.1, 0.15) is 5.75 Å². The zero-order chi connectivity index (χ0) is 28.4. The average Bonchev–Trinajstić information content (AvgIpc) is 2.97. The Balaban J connectivity index is 1.42. The zero-order valence-corrected chi connectivity index (χ0v) is 25.4. The molecule has 0 atom stereocenters. The standard InChI is InChI=1S/C35H47ClN2O2/c1-3-5-7-9-11-12-13-15-17-28-26-37-34(38-27-28)30-21-23-32(24-22-30)40-35(39)31-20-19-29(33(36)25-31)18-16-14-10-8-6-4-2/h19-27H,3-18H2,1-2H3. The molecule has 3 aromatic rings. The quantitative estimate of drug-likeness (QED) is 0.0828. The molecule has 4 nitrogen and oxygen atoms in total. The van der Waals surface area contributed by atoms with Gasteiger partial charge in [0.05, 0.1) is 5.56 Å². The Morgan fingerprint density at radius 1 is 0.700 bits per heavy atom. The zero-order valence-electron chi connectivity index (χ0n) is 24.6. The minimum absolute atomic E-state index is 0.415. The smallest absolute Gasteiger partial charge is 0.343 e. The Labute approximate surface area is 246 Å². The van der Waals surface area contributed by atoms with E-state index in [9.17, 15) is 4.79 Å². The van der Waals surface area contributed by atoms with E-state index in [4.69, 9.17) is 16.3 Å². The van der Waals surface area contributed by atoms with Gasteiger partial charge in [-0.15, -0.1) is 0 Å². The van der Waals surface area contributed by atoms with Gasteiger partial charge in [-0.2, -0.15) is 0 Å². The van der Waals surface area contributed by atoms with Gasteiger partial charge in [-0.1, -0.05) is 109 Å². The molecule has 0 fully saturated rings. The predicted molar refractivity (Wildman–Crippen MR) is 167 cm³/mol. The van der Waals surface area contributed by atoms with Crippen molar-refractivity contribution in [1.29, 1.82) is 0 Å². The molecular weight excluding hydrogens is 516 g/mol. The molecule has 0 spiro atoms. The molecule has 0 aliphatic heterocycles. The number of unbranched alkanes of at least 4 members (excludes halogenated alkanes) is 12. The van der Waals surface area contributed by atoms with Crippen LogP contribution in [0, 0.1) is 0 Å². The Morgan fingerprint density at radius 2 is 1.25 bits per heavy atom. The van der Waals surface area contributed by atoms with Crippen LogP contribution >= 0.6 is 11.6 Å². The average molecular weight is 563 g/mol. The fraction of sp³-hybridized carbons (Fsp3) is 0.514. The predicted octanol–water partition coefficient (Wildman–Crippen LogP) is 10.6. The second-order valence-electron chi connectivity index (χ2n) is 10.9. The third kappa shape index (κ3) is 11.4. The van der Waals surface area contributed by atoms with Crippen LogP contribution in [0.25, 0.3) is 11.4 Å². The third-order valence-electron chi connectivity index (χ3n) is 7.44. The summed E-state index contributed by atoms with van der Waals surface area (Å²) < 4.78 is 5.59. The lowest BCUT2D eigenvalue weighted by Gasteiger charge is -2.09. The first-order valence-electron chi connectivity index (χ1n) is 15.5. The van der Waals surface area contributed by atoms with Gasteiger partial charge >= 0.3 is 5.97 Å². The fourth-order valence-corrected chi connectivity index (χ4v) is 5.18. The van der Waals surface area contributed by atoms with Crippen LogP contribution in [-0.4, -0.2) is 15.9 Å². The largest absolute Gasteiger partial charge is 0.423 e. The first kappa shape index (κ1) is 31.8. The van der Waals surface area contributed by atoms with Gasteiger partial charge in [-0.05, 0) is 73.2 Å². The van der Waals surface area contributed by atoms with Crippen LogP contribution in [0.4, 0.5) is 0 Å². The Kier molecular flexibility index (Phi) is 14.8. The van der Waals surface area contributed by atoms with Crippen molar-refractivity contribution in [3.8, 4) is 17.1 Å². The summed E-state index contributed by atoms with van der Waals surface area (Å²) in [5.74, 6) is 0.736. The molecule has 2 aromatic carbocycles. The number of rotatable bonds is 19. The third-order valence-corrected chi connectivity index (χ3v) is 7.79. The first-order valence-corrected chi connectivity index (χ1v) is 15.9. The van der Waals surface area contributed by atoms with Crippen LogP contribution < -0.4 is 4.74 Å². The van der Waals surface area contributed by atoms with Crippen molar-refractivity contribution in [1.82, 2.24) is 9.97 Å². The molecule has 5 heteroatoms. The van der Waals surface area contributed by atoms with E-state index in [0.717, 1.165) is 30.4 Å². The van der Waals surface area contributed by atoms with Crippen molar-refractivity contribution in [2.45, 2.75) is 117 Å². The number of aromatic nitrogens is 2. The summed E-state index contributed by atoms with van der Waals surface area (Å²) in [6.07, 6.45) is 23.8. The van der Waals surface area contributed by atoms with Crippen LogP contribution in [0.1, 0.15) is 125 Å². The maximum Gasteiger partial charge on any atom is 0.343 e. The van der Waals surface area contributed by atoms with E-state index in [1.807, 2.05) is 30.6 Å². The van der Waals surface area contributed by atoms with Gasteiger partial charge in [0.25, 0.3) is 0 Å². The summed E-state index contributed by atoms with van der Waals surface area (Å²) >= 11 is 6.48. The lowest BCUT2D eigenvalue weighted by molar-refractivity contribution is 0.0734. The normalized spacial score (nSPS) is 11.1. The van der Waals surface area contributed by atoms with Gasteiger partial charge in [-0.3, -0.25) is 0 Å². The van der Waals surface area contributed by atoms with Crippen molar-refractivity contribution in [3.63, 3.8) is 0 Å². The highest BCUT2D eigenvalue weighted by molar-refractivity contribution is 6.31. The van der Waals surface area contributed by atoms with Crippen molar-refractivity contribution in [2.24, 2.45) is 0 Å². The van der Waals surface area contributed by atoms with E-state index in [-0.39, 0.29) is 0 Å². The van der Waals surface area contributed by atoms with E-state index in [2.05, 4.69) is 23.8 Å². The maximum atomic E-state index is 12.7. The van der Waals surface area contributed by atoms with Crippen LogP contribution in [0.5, 0.6) is 5.75 Å². The lowest BCUT2D eigenvalue weighted by atomic mass is 10.0. The van der Waals surface area contributed by atoms with Crippen molar-refractivity contribution in [2.75, 3.05) is 0 Å². The number of carbonyl (C=O) groups is 1. The summed E-state index contributed by atoms with van der Waals surface area (Å²) in [6, 6.07) is 12.8. The molecule has 0 aliphatic carbocycles. The number of benzene rings is 2. The van der Waals surface area contributed by atoms with E-state index in [0.29, 0.717) is 22.2 Å². The Hall–Kier alpha value is -2.72. The molecule has 1 heterocycles. The van der Waals surface area contributed by atoms with Crippen LogP contribution in [-0.2, 0) is 12.8 Å². The number of esters is 1. The highest BCUT2D eigenvalue weighted by Crippen LogP contribution is 2.24. The van der Waals surface area contributed by atoms with Gasteiger partial charge in [0, 0.05) is 23.0 Å². The molecule has 0 unspecified atom stereocenters. The number of hydrogen-bond donors (Lipinski definition) is 0. The van der Waals surface area contributed by atoms with Gasteiger partial charge in [0.15, 0.2) is 5.82 Å². The molecule has 0 saturated carbocycles. The van der Waals surface area contributed by atoms with Crippen LogP contribution in [0.15, 0.2) is 54.9 Å². The monoisotopic (exact) mass is 562 g/mol. The second kappa shape index (κ2) is 18.6. The van der Waals surface area contributed by atoms with E-state index in [1.54, 1.807) is 24.3 Å². The van der Waals surface area contributed by atoms with Gasteiger partial charge in [-0.25, -0.2) is 14.8 Å². The molecule has 3 rings (SSSR count). The van der Waals surface area contributed by atoms with E-state index in [1.165, 1.54) is 89.0 Å². The van der Waals surface area contributed by atoms with E-state index < -0.39 is 5.97 Å². The fourth-order valence-electron chi connectivity index (χ4n) is 4.91. The molecule has 1 aromatic heterocycles. The summed E-state index contributed by atoms with van der Waals surface area (Å²) in [7, 11) is 0. The molecule has 0 aliphatic rings. The molecule has 0 amide bonds. The minimum atomic E-state index is -0.415. The topological polar surface area (TPSA) is 52.1 Å². The summed E-state index contributed by atoms with van der Waals surface area (Å²) in [5, 5.41) is 0.626. The SMILES string of the molecule is CCCCCCCCCCc1cnc(-c2ccc(OC(=O)c3ccc(CCCCCCCC)c(Cl)c3)cc2)nc1. The summed E-state index contributed by atoms with van der Waals surface area (Å²) in [6.45, 7) is 4.49. The second-order valence-corrected chi connectivity index (χ2v) is 11.3. The number of carbonyl (C=O) groups excluding carboxylic acids is 1. The van der Waals surface area contributed by atoms with Crippen molar-refractivity contribution >= 4 is 17.6 Å². The number of halogens is 1. The maximum absolute atomic E-state index is 12.7. The van der Waals surface area contributed by atoms with Gasteiger partial charge in [0.2, 0.25) is 0 Å². The highest BCUT2D eigenvalue weighted by atomic mass is 35.5. The lowest BCUT2D eigenvalue weighted by Crippen LogP contribution is -2.08. The summed E-state index contributed by atoms with van der Waals surface area (Å²) in [5.41, 5.74) is 3.61. The number of nitrogens with zero attached hydrogens (tertiary/aromatic N) is 2. The molecule has 0 bridgehead atoms. The van der Waals surface area contributed by atoms with Crippen LogP contribution in [0.2, 0.25) is 5.02 Å². The first-order chi connectivity index (χ1) is 19.6. The molecular formula is C35H47ClN2O2. The van der Waals surface area contributed by atoms with Crippen LogP contribution in [0.3, 0.4) is 0 Å². The number of hydrogen-bond acceptors (Lipinski definition) is 4. The molecule has 0 saturated heterocycles. The van der Waals surface area contributed by atoms with Gasteiger partial charge < -0.3 is 4.74 Å². The number of ether oxygens (including phenoxy) is 1. The highest BCUT2D eigenvalue weighted by Gasteiger charge is 2.12. The summed E-state index contributed by atoms with van der Waals surface area (Å²) in [4.78, 5) is 21.8. The minimum Gasteiger partial charge on any atom is -0.423 e. The Bertz CT molecular complexity index is 1130. The molecule has 0 radical (unpaired) electrons. The molecule has 0 N–H and O–H groups in total. The number of aryl methyl sites for hydroxylation is 2. The Morgan fingerprint density at radius 3 is 1.82 bits per heavy atom. The molecule has 216 valence electrons. The van der Waals surface area contributed by atoms with Crippen molar-refractivity contribution < 1.29 is 9.53 Å². The van der Waals surface area contributed by atoms with E-state index >= 15 is 0 Å².